The molecule has 0 unspecified atom stereocenters. The summed E-state index contributed by atoms with van der Waals surface area (Å²) in [6, 6.07) is 3.51. The Morgan fingerprint density at radius 1 is 1.26 bits per heavy atom. The molecule has 1 aliphatic heterocycles. The summed E-state index contributed by atoms with van der Waals surface area (Å²) in [6.07, 6.45) is 1.64. The topological polar surface area (TPSA) is 101 Å². The van der Waals surface area contributed by atoms with Crippen LogP contribution in [0.5, 0.6) is 0 Å². The Bertz CT molecular complexity index is 1260. The third-order valence-electron chi connectivity index (χ3n) is 5.58. The van der Waals surface area contributed by atoms with E-state index in [4.69, 9.17) is 5.73 Å². The summed E-state index contributed by atoms with van der Waals surface area (Å²) in [4.78, 5) is 30.1. The number of aromatic carboxylic acids is 1. The molecule has 0 amide bonds. The molecule has 7 nitrogen and oxygen atoms in total. The molecule has 10 heteroatoms. The van der Waals surface area contributed by atoms with Crippen molar-refractivity contribution in [2.75, 3.05) is 18.0 Å². The highest BCUT2D eigenvalue weighted by atomic mass is 19.1. The predicted octanol–water partition coefficient (Wildman–Crippen LogP) is 2.67. The molecule has 0 bridgehead atoms. The van der Waals surface area contributed by atoms with Gasteiger partial charge in [0.1, 0.15) is 17.2 Å². The molecule has 0 radical (unpaired) electrons. The number of carboxylic acids is 1. The molecular weight excluding hydrogens is 413 g/mol. The Hall–Kier alpha value is -3.40. The van der Waals surface area contributed by atoms with Gasteiger partial charge in [-0.15, -0.1) is 0 Å². The Labute approximate surface area is 174 Å². The minimum atomic E-state index is -1.56. The van der Waals surface area contributed by atoms with Gasteiger partial charge >= 0.3 is 5.97 Å². The standard InChI is InChI=1S/C21H19F3N4O3/c1-10(25)11-4-5-27(8-11)20-16(24)7-13-18(29)14(21(30)31)9-28(19(13)26-20)17-3-2-12(22)6-15(17)23/h2-3,6-7,9-11H,4-5,8,25H2,1H3,(H,30,31)/t10-,11+/m0/s1. The molecule has 0 spiro atoms. The summed E-state index contributed by atoms with van der Waals surface area (Å²) >= 11 is 0. The lowest BCUT2D eigenvalue weighted by Gasteiger charge is -2.21. The number of hydrogen-bond donors (Lipinski definition) is 2. The Kier molecular flexibility index (Phi) is 5.18. The van der Waals surface area contributed by atoms with Crippen LogP contribution in [0.1, 0.15) is 23.7 Å². The number of pyridine rings is 2. The van der Waals surface area contributed by atoms with E-state index in [0.29, 0.717) is 19.2 Å². The van der Waals surface area contributed by atoms with Gasteiger partial charge in [-0.3, -0.25) is 9.36 Å². The fourth-order valence-corrected chi connectivity index (χ4v) is 3.86. The Morgan fingerprint density at radius 2 is 2.00 bits per heavy atom. The number of carbonyl (C=O) groups is 1. The van der Waals surface area contributed by atoms with Crippen LogP contribution in [-0.4, -0.2) is 39.8 Å². The molecule has 3 heterocycles. The van der Waals surface area contributed by atoms with Gasteiger partial charge in [-0.25, -0.2) is 22.9 Å². The molecule has 31 heavy (non-hydrogen) atoms. The number of anilines is 1. The van der Waals surface area contributed by atoms with E-state index >= 15 is 0 Å². The van der Waals surface area contributed by atoms with E-state index in [-0.39, 0.29) is 34.5 Å². The lowest BCUT2D eigenvalue weighted by Crippen LogP contribution is -2.30. The first-order chi connectivity index (χ1) is 14.7. The second kappa shape index (κ2) is 7.69. The fourth-order valence-electron chi connectivity index (χ4n) is 3.86. The highest BCUT2D eigenvalue weighted by molar-refractivity contribution is 5.92. The zero-order chi connectivity index (χ0) is 22.4. The number of hydrogen-bond acceptors (Lipinski definition) is 5. The quantitative estimate of drug-likeness (QED) is 0.658. The van der Waals surface area contributed by atoms with Gasteiger partial charge in [-0.1, -0.05) is 0 Å². The Balaban J connectivity index is 1.98. The molecule has 2 aromatic heterocycles. The summed E-state index contributed by atoms with van der Waals surface area (Å²) in [7, 11) is 0. The summed E-state index contributed by atoms with van der Waals surface area (Å²) in [5.41, 5.74) is 3.94. The molecule has 0 saturated carbocycles. The van der Waals surface area contributed by atoms with Crippen molar-refractivity contribution in [3.05, 3.63) is 63.7 Å². The van der Waals surface area contributed by atoms with Crippen LogP contribution in [0.15, 0.2) is 35.3 Å². The maximum absolute atomic E-state index is 14.9. The summed E-state index contributed by atoms with van der Waals surface area (Å²) < 4.78 is 43.9. The summed E-state index contributed by atoms with van der Waals surface area (Å²) in [5.74, 6) is -4.11. The van der Waals surface area contributed by atoms with Crippen LogP contribution in [0.2, 0.25) is 0 Å². The van der Waals surface area contributed by atoms with Crippen molar-refractivity contribution in [3.8, 4) is 5.69 Å². The molecule has 3 aromatic rings. The number of nitrogens with two attached hydrogens (primary N) is 1. The van der Waals surface area contributed by atoms with Gasteiger partial charge in [0.05, 0.1) is 11.1 Å². The molecule has 1 aromatic carbocycles. The maximum Gasteiger partial charge on any atom is 0.341 e. The zero-order valence-corrected chi connectivity index (χ0v) is 16.5. The molecule has 162 valence electrons. The van der Waals surface area contributed by atoms with Gasteiger partial charge in [-0.05, 0) is 37.5 Å². The smallest absolute Gasteiger partial charge is 0.341 e. The number of fused-ring (bicyclic) bond motifs is 1. The van der Waals surface area contributed by atoms with E-state index in [0.717, 1.165) is 35.4 Å². The highest BCUT2D eigenvalue weighted by Crippen LogP contribution is 2.29. The SMILES string of the molecule is C[C@H](N)[C@@H]1CCN(c2nc3c(cc2F)c(=O)c(C(=O)O)cn3-c2ccc(F)cc2F)C1. The minimum Gasteiger partial charge on any atom is -0.477 e. The van der Waals surface area contributed by atoms with Crippen molar-refractivity contribution in [2.24, 2.45) is 11.7 Å². The second-order valence-corrected chi connectivity index (χ2v) is 7.66. The van der Waals surface area contributed by atoms with Crippen LogP contribution < -0.4 is 16.1 Å². The van der Waals surface area contributed by atoms with Gasteiger partial charge in [0.25, 0.3) is 0 Å². The van der Waals surface area contributed by atoms with E-state index in [2.05, 4.69) is 4.98 Å². The molecular formula is C21H19F3N4O3. The molecule has 3 N–H and O–H groups in total. The van der Waals surface area contributed by atoms with Crippen LogP contribution >= 0.6 is 0 Å². The van der Waals surface area contributed by atoms with E-state index in [1.165, 1.54) is 0 Å². The van der Waals surface area contributed by atoms with Crippen molar-refractivity contribution in [1.29, 1.82) is 0 Å². The van der Waals surface area contributed by atoms with Gasteiger partial charge in [-0.2, -0.15) is 0 Å². The number of rotatable bonds is 4. The third-order valence-corrected chi connectivity index (χ3v) is 5.58. The lowest BCUT2D eigenvalue weighted by atomic mass is 10.0. The fraction of sp³-hybridized carbons (Fsp3) is 0.286. The molecule has 1 aliphatic rings. The number of benzene rings is 1. The van der Waals surface area contributed by atoms with Gasteiger partial charge in [0.2, 0.25) is 5.43 Å². The zero-order valence-electron chi connectivity index (χ0n) is 16.5. The molecule has 4 rings (SSSR count). The van der Waals surface area contributed by atoms with Crippen LogP contribution in [0.4, 0.5) is 19.0 Å². The van der Waals surface area contributed by atoms with Crippen LogP contribution in [0.25, 0.3) is 16.7 Å². The van der Waals surface area contributed by atoms with E-state index in [9.17, 15) is 27.9 Å². The average molecular weight is 432 g/mol. The molecule has 2 atom stereocenters. The lowest BCUT2D eigenvalue weighted by molar-refractivity contribution is 0.0695. The Morgan fingerprint density at radius 3 is 2.61 bits per heavy atom. The first kappa shape index (κ1) is 20.9. The molecule has 0 aliphatic carbocycles. The van der Waals surface area contributed by atoms with E-state index < -0.39 is 34.4 Å². The maximum atomic E-state index is 14.9. The third kappa shape index (κ3) is 3.63. The molecule has 1 fully saturated rings. The largest absolute Gasteiger partial charge is 0.477 e. The van der Waals surface area contributed by atoms with E-state index in [1.54, 1.807) is 4.90 Å². The van der Waals surface area contributed by atoms with Crippen molar-refractivity contribution < 1.29 is 23.1 Å². The van der Waals surface area contributed by atoms with Crippen molar-refractivity contribution >= 4 is 22.8 Å². The number of carboxylic acid groups (broad SMARTS) is 1. The average Bonchev–Trinajstić information content (AvgIpc) is 3.19. The first-order valence-electron chi connectivity index (χ1n) is 9.62. The van der Waals surface area contributed by atoms with Crippen LogP contribution in [0, 0.1) is 23.4 Å². The van der Waals surface area contributed by atoms with Crippen molar-refractivity contribution in [1.82, 2.24) is 9.55 Å². The summed E-state index contributed by atoms with van der Waals surface area (Å²) in [5, 5.41) is 9.06. The predicted molar refractivity (Wildman–Crippen MR) is 108 cm³/mol. The van der Waals surface area contributed by atoms with Gasteiger partial charge < -0.3 is 15.7 Å². The monoisotopic (exact) mass is 432 g/mol. The van der Waals surface area contributed by atoms with Gasteiger partial charge in [0.15, 0.2) is 17.3 Å². The normalized spacial score (nSPS) is 17.3. The molecule has 1 saturated heterocycles. The second-order valence-electron chi connectivity index (χ2n) is 7.66. The van der Waals surface area contributed by atoms with Gasteiger partial charge in [0, 0.05) is 31.4 Å². The van der Waals surface area contributed by atoms with Crippen LogP contribution in [-0.2, 0) is 0 Å². The van der Waals surface area contributed by atoms with E-state index in [1.807, 2.05) is 6.92 Å². The number of nitrogens with zero attached hydrogens (tertiary/aromatic N) is 3. The van der Waals surface area contributed by atoms with Crippen molar-refractivity contribution in [2.45, 2.75) is 19.4 Å². The van der Waals surface area contributed by atoms with Crippen LogP contribution in [0.3, 0.4) is 0 Å². The van der Waals surface area contributed by atoms with Crippen molar-refractivity contribution in [3.63, 3.8) is 0 Å². The first-order valence-corrected chi connectivity index (χ1v) is 9.62. The summed E-state index contributed by atoms with van der Waals surface area (Å²) in [6.45, 7) is 2.81. The minimum absolute atomic E-state index is 0.0469. The number of halogens is 3. The highest BCUT2D eigenvalue weighted by Gasteiger charge is 2.29. The number of aromatic nitrogens is 2.